The maximum atomic E-state index is 5.21. The molecule has 0 aliphatic rings. The van der Waals surface area contributed by atoms with Crippen molar-refractivity contribution in [1.82, 2.24) is 0 Å². The van der Waals surface area contributed by atoms with E-state index in [-0.39, 0.29) is 9.49 Å². The Bertz CT molecular complexity index is 209. The highest BCUT2D eigenvalue weighted by molar-refractivity contribution is 8.07. The van der Waals surface area contributed by atoms with Gasteiger partial charge in [0, 0.05) is 21.5 Å². The minimum atomic E-state index is 0.253. The molecule has 1 nitrogen and oxygen atoms in total. The normalized spacial score (nSPS) is 14.5. The molecule has 0 saturated heterocycles. The fraction of sp³-hybridized carbons (Fsp3) is 0.833. The number of rotatable bonds is 4. The van der Waals surface area contributed by atoms with Crippen molar-refractivity contribution >= 4 is 23.5 Å². The summed E-state index contributed by atoms with van der Waals surface area (Å²) in [6.07, 6.45) is 0. The molecule has 3 heteroatoms. The molecule has 0 rings (SSSR count). The molecule has 0 bridgehead atoms. The molecule has 0 atom stereocenters. The van der Waals surface area contributed by atoms with Crippen LogP contribution in [0.25, 0.3) is 0 Å². The van der Waals surface area contributed by atoms with Crippen LogP contribution in [0, 0.1) is 0 Å². The summed E-state index contributed by atoms with van der Waals surface area (Å²) >= 11 is 3.74. The maximum absolute atomic E-state index is 5.21. The van der Waals surface area contributed by atoms with E-state index in [4.69, 9.17) is 4.74 Å². The standard InChI is InChI=1S/C12H24OS2/c1-11(2,3)14-9-10(8-13-7)15-12(4,5)6/h9H,8H2,1-7H3/b10-9-. The first-order valence-corrected chi connectivity index (χ1v) is 6.88. The van der Waals surface area contributed by atoms with E-state index in [1.54, 1.807) is 7.11 Å². The largest absolute Gasteiger partial charge is 0.379 e. The predicted molar refractivity (Wildman–Crippen MR) is 74.6 cm³/mol. The van der Waals surface area contributed by atoms with E-state index in [0.717, 1.165) is 0 Å². The van der Waals surface area contributed by atoms with Crippen LogP contribution >= 0.6 is 23.5 Å². The Kier molecular flexibility index (Phi) is 6.38. The maximum Gasteiger partial charge on any atom is 0.0777 e. The van der Waals surface area contributed by atoms with Crippen LogP contribution in [0.2, 0.25) is 0 Å². The number of hydrogen-bond donors (Lipinski definition) is 0. The van der Waals surface area contributed by atoms with Crippen LogP contribution in [-0.4, -0.2) is 23.2 Å². The van der Waals surface area contributed by atoms with Crippen molar-refractivity contribution in [2.45, 2.75) is 51.0 Å². The third-order valence-corrected chi connectivity index (χ3v) is 3.64. The Labute approximate surface area is 103 Å². The van der Waals surface area contributed by atoms with Gasteiger partial charge < -0.3 is 4.74 Å². The number of ether oxygens (including phenoxy) is 1. The minimum absolute atomic E-state index is 0.253. The minimum Gasteiger partial charge on any atom is -0.379 e. The van der Waals surface area contributed by atoms with Crippen molar-refractivity contribution in [3.8, 4) is 0 Å². The molecule has 0 N–H and O–H groups in total. The molecule has 0 saturated carbocycles. The second-order valence-corrected chi connectivity index (χ2v) is 9.11. The van der Waals surface area contributed by atoms with Gasteiger partial charge in [-0.05, 0) is 5.41 Å². The molecule has 0 aromatic carbocycles. The van der Waals surface area contributed by atoms with Gasteiger partial charge in [-0.1, -0.05) is 41.5 Å². The lowest BCUT2D eigenvalue weighted by Gasteiger charge is -2.21. The molecule has 0 radical (unpaired) electrons. The number of methoxy groups -OCH3 is 1. The van der Waals surface area contributed by atoms with Crippen molar-refractivity contribution in [3.63, 3.8) is 0 Å². The number of thioether (sulfide) groups is 2. The predicted octanol–water partition coefficient (Wildman–Crippen LogP) is 4.54. The van der Waals surface area contributed by atoms with Crippen molar-refractivity contribution in [2.24, 2.45) is 0 Å². The lowest BCUT2D eigenvalue weighted by molar-refractivity contribution is 0.231. The molecule has 0 unspecified atom stereocenters. The van der Waals surface area contributed by atoms with Crippen molar-refractivity contribution in [1.29, 1.82) is 0 Å². The summed E-state index contributed by atoms with van der Waals surface area (Å²) in [5.74, 6) is 0. The molecule has 0 aromatic rings. The number of hydrogen-bond acceptors (Lipinski definition) is 3. The molecular formula is C12H24OS2. The molecule has 0 spiro atoms. The Hall–Kier alpha value is 0.400. The molecule has 0 amide bonds. The third kappa shape index (κ3) is 10.7. The van der Waals surface area contributed by atoms with Crippen LogP contribution in [0.3, 0.4) is 0 Å². The van der Waals surface area contributed by atoms with Crippen molar-refractivity contribution < 1.29 is 4.74 Å². The second kappa shape index (κ2) is 6.21. The van der Waals surface area contributed by atoms with Crippen molar-refractivity contribution in [2.75, 3.05) is 13.7 Å². The second-order valence-electron chi connectivity index (χ2n) is 5.46. The first-order chi connectivity index (χ1) is 6.64. The Morgan fingerprint density at radius 1 is 1.07 bits per heavy atom. The van der Waals surface area contributed by atoms with Crippen LogP contribution < -0.4 is 0 Å². The van der Waals surface area contributed by atoms with Crippen LogP contribution in [0.1, 0.15) is 41.5 Å². The van der Waals surface area contributed by atoms with Gasteiger partial charge in [0.25, 0.3) is 0 Å². The Balaban J connectivity index is 4.38. The lowest BCUT2D eigenvalue weighted by Crippen LogP contribution is -2.10. The van der Waals surface area contributed by atoms with E-state index >= 15 is 0 Å². The van der Waals surface area contributed by atoms with Gasteiger partial charge >= 0.3 is 0 Å². The summed E-state index contributed by atoms with van der Waals surface area (Å²) in [5.41, 5.74) is 0. The molecule has 0 heterocycles. The van der Waals surface area contributed by atoms with Gasteiger partial charge in [0.2, 0.25) is 0 Å². The van der Waals surface area contributed by atoms with Gasteiger partial charge in [0.1, 0.15) is 0 Å². The van der Waals surface area contributed by atoms with Crippen molar-refractivity contribution in [3.05, 3.63) is 10.3 Å². The van der Waals surface area contributed by atoms with E-state index in [2.05, 4.69) is 47.0 Å². The fourth-order valence-electron chi connectivity index (χ4n) is 0.866. The van der Waals surface area contributed by atoms with Crippen LogP contribution in [-0.2, 0) is 4.74 Å². The van der Waals surface area contributed by atoms with E-state index in [1.807, 2.05) is 23.5 Å². The zero-order valence-corrected chi connectivity index (χ0v) is 12.6. The van der Waals surface area contributed by atoms with Crippen LogP contribution in [0.5, 0.6) is 0 Å². The van der Waals surface area contributed by atoms with Gasteiger partial charge in [0.05, 0.1) is 6.61 Å². The highest BCUT2D eigenvalue weighted by atomic mass is 32.2. The molecule has 0 fully saturated rings. The van der Waals surface area contributed by atoms with E-state index in [0.29, 0.717) is 6.61 Å². The summed E-state index contributed by atoms with van der Waals surface area (Å²) in [7, 11) is 1.75. The first kappa shape index (κ1) is 15.4. The zero-order valence-electron chi connectivity index (χ0n) is 11.0. The quantitative estimate of drug-likeness (QED) is 0.723. The zero-order chi connectivity index (χ0) is 12.1. The summed E-state index contributed by atoms with van der Waals surface area (Å²) in [6, 6.07) is 0. The SMILES string of the molecule is COC/C(=C/SC(C)(C)C)SC(C)(C)C. The molecular weight excluding hydrogens is 224 g/mol. The van der Waals surface area contributed by atoms with E-state index < -0.39 is 0 Å². The summed E-state index contributed by atoms with van der Waals surface area (Å²) in [6.45, 7) is 14.1. The topological polar surface area (TPSA) is 9.23 Å². The van der Waals surface area contributed by atoms with Gasteiger partial charge in [-0.15, -0.1) is 23.5 Å². The van der Waals surface area contributed by atoms with Gasteiger partial charge in [0.15, 0.2) is 0 Å². The molecule has 90 valence electrons. The fourth-order valence-corrected chi connectivity index (χ4v) is 2.72. The third-order valence-electron chi connectivity index (χ3n) is 1.27. The average Bonchev–Trinajstić information content (AvgIpc) is 1.96. The molecule has 0 aromatic heterocycles. The first-order valence-electron chi connectivity index (χ1n) is 5.19. The Morgan fingerprint density at radius 2 is 1.60 bits per heavy atom. The lowest BCUT2D eigenvalue weighted by atomic mass is 10.3. The average molecular weight is 248 g/mol. The van der Waals surface area contributed by atoms with E-state index in [1.165, 1.54) is 4.91 Å². The van der Waals surface area contributed by atoms with Crippen LogP contribution in [0.4, 0.5) is 0 Å². The highest BCUT2D eigenvalue weighted by Crippen LogP contribution is 2.35. The Morgan fingerprint density at radius 3 is 1.93 bits per heavy atom. The molecule has 0 aliphatic heterocycles. The van der Waals surface area contributed by atoms with Gasteiger partial charge in [-0.3, -0.25) is 0 Å². The van der Waals surface area contributed by atoms with Gasteiger partial charge in [-0.25, -0.2) is 0 Å². The molecule has 0 aliphatic carbocycles. The summed E-state index contributed by atoms with van der Waals surface area (Å²) in [5, 5.41) is 2.24. The monoisotopic (exact) mass is 248 g/mol. The van der Waals surface area contributed by atoms with E-state index in [9.17, 15) is 0 Å². The van der Waals surface area contributed by atoms with Gasteiger partial charge in [-0.2, -0.15) is 0 Å². The summed E-state index contributed by atoms with van der Waals surface area (Å²) in [4.78, 5) is 1.31. The molecule has 15 heavy (non-hydrogen) atoms. The summed E-state index contributed by atoms with van der Waals surface area (Å²) < 4.78 is 5.74. The van der Waals surface area contributed by atoms with Crippen LogP contribution in [0.15, 0.2) is 10.3 Å². The smallest absolute Gasteiger partial charge is 0.0777 e. The highest BCUT2D eigenvalue weighted by Gasteiger charge is 2.15.